The first-order chi connectivity index (χ1) is 14.7. The van der Waals surface area contributed by atoms with Crippen LogP contribution >= 0.6 is 0 Å². The maximum atomic E-state index is 12.6. The van der Waals surface area contributed by atoms with Crippen LogP contribution in [0.1, 0.15) is 55.9 Å². The molecule has 2 aliphatic rings. The number of carbonyl (C=O) groups is 1. The molecule has 7 heteroatoms. The van der Waals surface area contributed by atoms with Crippen molar-refractivity contribution in [2.75, 3.05) is 45.8 Å². The van der Waals surface area contributed by atoms with Crippen LogP contribution < -0.4 is 0 Å². The van der Waals surface area contributed by atoms with Gasteiger partial charge in [-0.3, -0.25) is 14.6 Å². The predicted molar refractivity (Wildman–Crippen MR) is 115 cm³/mol. The lowest BCUT2D eigenvalue weighted by Gasteiger charge is -2.37. The van der Waals surface area contributed by atoms with Crippen LogP contribution in [0.3, 0.4) is 0 Å². The number of piperazine rings is 1. The smallest absolute Gasteiger partial charge is 0.243 e. The van der Waals surface area contributed by atoms with Crippen molar-refractivity contribution in [2.24, 2.45) is 0 Å². The van der Waals surface area contributed by atoms with Crippen LogP contribution in [0.15, 0.2) is 34.9 Å². The number of nitrogens with zero attached hydrogens (tertiary/aromatic N) is 5. The van der Waals surface area contributed by atoms with Gasteiger partial charge in [0.25, 0.3) is 0 Å². The summed E-state index contributed by atoms with van der Waals surface area (Å²) in [6.07, 6.45) is 5.48. The lowest BCUT2D eigenvalue weighted by atomic mass is 10.1. The average molecular weight is 412 g/mol. The monoisotopic (exact) mass is 411 g/mol. The lowest BCUT2D eigenvalue weighted by molar-refractivity contribution is -0.132. The van der Waals surface area contributed by atoms with Crippen molar-refractivity contribution < 1.29 is 9.32 Å². The molecule has 0 aliphatic carbocycles. The Morgan fingerprint density at radius 1 is 1.00 bits per heavy atom. The minimum atomic E-state index is 0.0884. The van der Waals surface area contributed by atoms with Crippen molar-refractivity contribution in [3.05, 3.63) is 47.6 Å². The molecule has 2 aromatic rings. The number of aromatic nitrogens is 2. The van der Waals surface area contributed by atoms with Crippen LogP contribution in [0.4, 0.5) is 0 Å². The third-order valence-corrected chi connectivity index (χ3v) is 6.32. The Kier molecular flexibility index (Phi) is 7.12. The van der Waals surface area contributed by atoms with E-state index >= 15 is 0 Å². The van der Waals surface area contributed by atoms with Gasteiger partial charge >= 0.3 is 0 Å². The number of benzene rings is 1. The van der Waals surface area contributed by atoms with E-state index in [1.807, 2.05) is 18.2 Å². The molecule has 2 saturated heterocycles. The second-order valence-electron chi connectivity index (χ2n) is 8.49. The van der Waals surface area contributed by atoms with Gasteiger partial charge in [0.15, 0.2) is 5.82 Å². The van der Waals surface area contributed by atoms with Gasteiger partial charge < -0.3 is 9.42 Å². The molecule has 0 bridgehead atoms. The number of carbonyl (C=O) groups excluding carboxylic acids is 1. The minimum absolute atomic E-state index is 0.0884. The van der Waals surface area contributed by atoms with Gasteiger partial charge in [0, 0.05) is 45.7 Å². The van der Waals surface area contributed by atoms with Gasteiger partial charge in [-0.25, -0.2) is 0 Å². The molecule has 3 heterocycles. The highest BCUT2D eigenvalue weighted by Crippen LogP contribution is 2.21. The molecule has 1 unspecified atom stereocenters. The van der Waals surface area contributed by atoms with Crippen LogP contribution in [0.5, 0.6) is 0 Å². The van der Waals surface area contributed by atoms with Crippen molar-refractivity contribution in [2.45, 2.75) is 45.1 Å². The van der Waals surface area contributed by atoms with Crippen molar-refractivity contribution in [3.63, 3.8) is 0 Å². The molecule has 0 N–H and O–H groups in total. The third kappa shape index (κ3) is 5.46. The van der Waals surface area contributed by atoms with E-state index in [0.717, 1.165) is 57.9 Å². The molecule has 1 aromatic heterocycles. The minimum Gasteiger partial charge on any atom is -0.342 e. The van der Waals surface area contributed by atoms with Gasteiger partial charge in [-0.2, -0.15) is 4.98 Å². The van der Waals surface area contributed by atoms with Crippen molar-refractivity contribution in [1.82, 2.24) is 24.8 Å². The zero-order valence-corrected chi connectivity index (χ0v) is 18.0. The fraction of sp³-hybridized carbons (Fsp3) is 0.609. The average Bonchev–Trinajstić information content (AvgIpc) is 3.06. The highest BCUT2D eigenvalue weighted by atomic mass is 16.5. The van der Waals surface area contributed by atoms with Crippen LogP contribution in [-0.4, -0.2) is 76.6 Å². The Labute approximate surface area is 179 Å². The number of amides is 1. The molecule has 2 fully saturated rings. The summed E-state index contributed by atoms with van der Waals surface area (Å²) in [7, 11) is 0. The molecule has 0 spiro atoms. The first-order valence-electron chi connectivity index (χ1n) is 11.3. The Balaban J connectivity index is 1.25. The summed E-state index contributed by atoms with van der Waals surface area (Å²) in [5.41, 5.74) is 1.18. The normalized spacial score (nSPS) is 20.1. The SMILES string of the molecule is CC(c1nc(Cc2ccccc2)no1)N1CCN(CC(=O)N2CCCCCC2)CC1. The molecule has 7 nitrogen and oxygen atoms in total. The molecule has 0 saturated carbocycles. The van der Waals surface area contributed by atoms with E-state index in [-0.39, 0.29) is 6.04 Å². The maximum Gasteiger partial charge on any atom is 0.243 e. The fourth-order valence-electron chi connectivity index (χ4n) is 4.36. The predicted octanol–water partition coefficient (Wildman–Crippen LogP) is 2.74. The van der Waals surface area contributed by atoms with E-state index in [0.29, 0.717) is 24.8 Å². The Morgan fingerprint density at radius 3 is 2.40 bits per heavy atom. The topological polar surface area (TPSA) is 65.7 Å². The number of rotatable bonds is 6. The first kappa shape index (κ1) is 21.0. The molecule has 4 rings (SSSR count). The van der Waals surface area contributed by atoms with Gasteiger partial charge in [-0.1, -0.05) is 48.3 Å². The first-order valence-corrected chi connectivity index (χ1v) is 11.3. The van der Waals surface area contributed by atoms with Crippen LogP contribution in [0.2, 0.25) is 0 Å². The third-order valence-electron chi connectivity index (χ3n) is 6.32. The molecule has 1 atom stereocenters. The largest absolute Gasteiger partial charge is 0.342 e. The van der Waals surface area contributed by atoms with Crippen LogP contribution in [0.25, 0.3) is 0 Å². The molecule has 1 aromatic carbocycles. The van der Waals surface area contributed by atoms with Gasteiger partial charge in [0.1, 0.15) is 0 Å². The van der Waals surface area contributed by atoms with Gasteiger partial charge in [0.05, 0.1) is 12.6 Å². The zero-order valence-electron chi connectivity index (χ0n) is 18.0. The molecular weight excluding hydrogens is 378 g/mol. The summed E-state index contributed by atoms with van der Waals surface area (Å²) >= 11 is 0. The van der Waals surface area contributed by atoms with E-state index in [9.17, 15) is 4.79 Å². The van der Waals surface area contributed by atoms with Crippen molar-refractivity contribution in [3.8, 4) is 0 Å². The van der Waals surface area contributed by atoms with E-state index in [1.165, 1.54) is 18.4 Å². The van der Waals surface area contributed by atoms with Gasteiger partial charge in [-0.05, 0) is 25.3 Å². The molecule has 0 radical (unpaired) electrons. The lowest BCUT2D eigenvalue weighted by Crippen LogP contribution is -2.50. The molecule has 30 heavy (non-hydrogen) atoms. The highest BCUT2D eigenvalue weighted by molar-refractivity contribution is 5.78. The number of likely N-dealkylation sites (tertiary alicyclic amines) is 1. The Bertz CT molecular complexity index is 793. The van der Waals surface area contributed by atoms with E-state index in [4.69, 9.17) is 4.52 Å². The van der Waals surface area contributed by atoms with E-state index in [1.54, 1.807) is 0 Å². The molecule has 1 amide bonds. The standard InChI is InChI=1S/C23H33N5O2/c1-19(23-24-21(25-30-23)17-20-9-5-4-6-10-20)27-15-13-26(14-16-27)18-22(29)28-11-7-2-3-8-12-28/h4-6,9-10,19H,2-3,7-8,11-18H2,1H3. The highest BCUT2D eigenvalue weighted by Gasteiger charge is 2.27. The van der Waals surface area contributed by atoms with Crippen molar-refractivity contribution >= 4 is 5.91 Å². The zero-order chi connectivity index (χ0) is 20.8. The number of hydrogen-bond acceptors (Lipinski definition) is 6. The fourth-order valence-corrected chi connectivity index (χ4v) is 4.36. The molecule has 162 valence electrons. The van der Waals surface area contributed by atoms with E-state index in [2.05, 4.69) is 43.9 Å². The second-order valence-corrected chi connectivity index (χ2v) is 8.49. The Hall–Kier alpha value is -2.25. The summed E-state index contributed by atoms with van der Waals surface area (Å²) in [5.74, 6) is 1.70. The Morgan fingerprint density at radius 2 is 1.70 bits per heavy atom. The van der Waals surface area contributed by atoms with Gasteiger partial charge in [-0.15, -0.1) is 0 Å². The maximum absolute atomic E-state index is 12.6. The van der Waals surface area contributed by atoms with E-state index < -0.39 is 0 Å². The summed E-state index contributed by atoms with van der Waals surface area (Å²) in [4.78, 5) is 24.0. The molecular formula is C23H33N5O2. The summed E-state index contributed by atoms with van der Waals surface area (Å²) in [5, 5.41) is 4.17. The van der Waals surface area contributed by atoms with Crippen molar-refractivity contribution in [1.29, 1.82) is 0 Å². The van der Waals surface area contributed by atoms with Crippen LogP contribution in [-0.2, 0) is 11.2 Å². The summed E-state index contributed by atoms with van der Waals surface area (Å²) in [6.45, 7) is 8.14. The summed E-state index contributed by atoms with van der Waals surface area (Å²) < 4.78 is 5.56. The van der Waals surface area contributed by atoms with Gasteiger partial charge in [0.2, 0.25) is 11.8 Å². The second kappa shape index (κ2) is 10.2. The molecule has 2 aliphatic heterocycles. The quantitative estimate of drug-likeness (QED) is 0.728. The number of hydrogen-bond donors (Lipinski definition) is 0. The van der Waals surface area contributed by atoms with Crippen LogP contribution in [0, 0.1) is 0 Å². The summed E-state index contributed by atoms with van der Waals surface area (Å²) in [6, 6.07) is 10.3.